The van der Waals surface area contributed by atoms with Gasteiger partial charge in [-0.05, 0) is 12.8 Å². The summed E-state index contributed by atoms with van der Waals surface area (Å²) in [5.41, 5.74) is 0.730. The number of carbonyl (C=O) groups excluding carboxylic acids is 2. The molecule has 1 saturated heterocycles. The van der Waals surface area contributed by atoms with E-state index >= 15 is 0 Å². The molecule has 0 unspecified atom stereocenters. The standard InChI is InChI=1S/C14H18F3N3O3/c1-9-19-11(8-23-9)2-5-18-12(21)10-3-6-20(7-4-10)13(22)14(15,16)17/h8,10H,2-7H2,1H3,(H,18,21). The third-order valence-corrected chi connectivity index (χ3v) is 3.74. The molecule has 9 heteroatoms. The monoisotopic (exact) mass is 333 g/mol. The van der Waals surface area contributed by atoms with Gasteiger partial charge in [-0.2, -0.15) is 13.2 Å². The molecule has 23 heavy (non-hydrogen) atoms. The first-order valence-corrected chi connectivity index (χ1v) is 7.32. The molecular weight excluding hydrogens is 315 g/mol. The quantitative estimate of drug-likeness (QED) is 0.905. The number of nitrogens with zero attached hydrogens (tertiary/aromatic N) is 2. The molecule has 1 N–H and O–H groups in total. The molecule has 2 heterocycles. The molecule has 1 aliphatic rings. The number of hydrogen-bond donors (Lipinski definition) is 1. The molecule has 0 radical (unpaired) electrons. The van der Waals surface area contributed by atoms with E-state index in [1.807, 2.05) is 0 Å². The molecule has 0 atom stereocenters. The van der Waals surface area contributed by atoms with Crippen molar-refractivity contribution in [1.29, 1.82) is 0 Å². The number of aromatic nitrogens is 1. The number of nitrogens with one attached hydrogen (secondary N) is 1. The number of alkyl halides is 3. The maximum absolute atomic E-state index is 12.3. The number of aryl methyl sites for hydroxylation is 1. The van der Waals surface area contributed by atoms with E-state index in [2.05, 4.69) is 10.3 Å². The van der Waals surface area contributed by atoms with E-state index in [4.69, 9.17) is 4.42 Å². The molecule has 6 nitrogen and oxygen atoms in total. The number of oxazole rings is 1. The van der Waals surface area contributed by atoms with Crippen LogP contribution in [0.2, 0.25) is 0 Å². The van der Waals surface area contributed by atoms with E-state index in [-0.39, 0.29) is 37.8 Å². The van der Waals surface area contributed by atoms with Gasteiger partial charge in [0.1, 0.15) is 6.26 Å². The lowest BCUT2D eigenvalue weighted by Crippen LogP contribution is -2.47. The number of carbonyl (C=O) groups is 2. The van der Waals surface area contributed by atoms with Crippen molar-refractivity contribution >= 4 is 11.8 Å². The maximum atomic E-state index is 12.3. The summed E-state index contributed by atoms with van der Waals surface area (Å²) in [4.78, 5) is 28.0. The van der Waals surface area contributed by atoms with Gasteiger partial charge in [0.2, 0.25) is 5.91 Å². The van der Waals surface area contributed by atoms with Gasteiger partial charge in [-0.15, -0.1) is 0 Å². The second kappa shape index (κ2) is 7.01. The highest BCUT2D eigenvalue weighted by atomic mass is 19.4. The van der Waals surface area contributed by atoms with Crippen molar-refractivity contribution in [3.05, 3.63) is 17.8 Å². The average molecular weight is 333 g/mol. The van der Waals surface area contributed by atoms with Crippen LogP contribution in [-0.4, -0.2) is 47.5 Å². The minimum absolute atomic E-state index is 0.0566. The fourth-order valence-corrected chi connectivity index (χ4v) is 2.51. The van der Waals surface area contributed by atoms with Crippen LogP contribution < -0.4 is 5.32 Å². The molecule has 1 aliphatic heterocycles. The van der Waals surface area contributed by atoms with Crippen molar-refractivity contribution in [2.75, 3.05) is 19.6 Å². The van der Waals surface area contributed by atoms with Crippen LogP contribution in [0.4, 0.5) is 13.2 Å². The van der Waals surface area contributed by atoms with Crippen molar-refractivity contribution in [2.24, 2.45) is 5.92 Å². The second-order valence-corrected chi connectivity index (χ2v) is 5.46. The van der Waals surface area contributed by atoms with Crippen LogP contribution in [0.1, 0.15) is 24.4 Å². The zero-order chi connectivity index (χ0) is 17.0. The van der Waals surface area contributed by atoms with E-state index in [1.165, 1.54) is 6.26 Å². The van der Waals surface area contributed by atoms with Crippen molar-refractivity contribution in [3.8, 4) is 0 Å². The highest BCUT2D eigenvalue weighted by Gasteiger charge is 2.43. The molecule has 0 bridgehead atoms. The Hall–Kier alpha value is -2.06. The van der Waals surface area contributed by atoms with E-state index in [1.54, 1.807) is 6.92 Å². The van der Waals surface area contributed by atoms with Crippen molar-refractivity contribution in [1.82, 2.24) is 15.2 Å². The summed E-state index contributed by atoms with van der Waals surface area (Å²) in [5.74, 6) is -1.86. The Labute approximate surface area is 131 Å². The molecule has 0 aliphatic carbocycles. The third-order valence-electron chi connectivity index (χ3n) is 3.74. The van der Waals surface area contributed by atoms with Crippen LogP contribution in [0, 0.1) is 12.8 Å². The lowest BCUT2D eigenvalue weighted by molar-refractivity contribution is -0.186. The summed E-state index contributed by atoms with van der Waals surface area (Å²) >= 11 is 0. The van der Waals surface area contributed by atoms with Gasteiger partial charge in [0.15, 0.2) is 5.89 Å². The smallest absolute Gasteiger partial charge is 0.449 e. The molecule has 128 valence electrons. The van der Waals surface area contributed by atoms with Gasteiger partial charge in [-0.25, -0.2) is 4.98 Å². The third kappa shape index (κ3) is 4.70. The van der Waals surface area contributed by atoms with Gasteiger partial charge in [-0.1, -0.05) is 0 Å². The van der Waals surface area contributed by atoms with E-state index in [9.17, 15) is 22.8 Å². The van der Waals surface area contributed by atoms with Gasteiger partial charge in [0.05, 0.1) is 5.69 Å². The van der Waals surface area contributed by atoms with Crippen LogP contribution in [0.15, 0.2) is 10.7 Å². The van der Waals surface area contributed by atoms with E-state index in [0.717, 1.165) is 10.6 Å². The number of rotatable bonds is 4. The first-order valence-electron chi connectivity index (χ1n) is 7.32. The lowest BCUT2D eigenvalue weighted by atomic mass is 9.96. The van der Waals surface area contributed by atoms with Crippen molar-refractivity contribution < 1.29 is 27.2 Å². The fourth-order valence-electron chi connectivity index (χ4n) is 2.51. The average Bonchev–Trinajstić information content (AvgIpc) is 2.91. The minimum atomic E-state index is -4.86. The first-order chi connectivity index (χ1) is 10.8. The number of amides is 2. The van der Waals surface area contributed by atoms with Gasteiger partial charge in [0, 0.05) is 38.9 Å². The Morgan fingerprint density at radius 2 is 2.04 bits per heavy atom. The Morgan fingerprint density at radius 1 is 1.39 bits per heavy atom. The van der Waals surface area contributed by atoms with Crippen molar-refractivity contribution in [3.63, 3.8) is 0 Å². The van der Waals surface area contributed by atoms with Gasteiger partial charge in [0.25, 0.3) is 0 Å². The predicted octanol–water partition coefficient (Wildman–Crippen LogP) is 1.44. The zero-order valence-corrected chi connectivity index (χ0v) is 12.7. The minimum Gasteiger partial charge on any atom is -0.449 e. The summed E-state index contributed by atoms with van der Waals surface area (Å²) in [5, 5.41) is 2.74. The van der Waals surface area contributed by atoms with Crippen LogP contribution in [0.3, 0.4) is 0 Å². The van der Waals surface area contributed by atoms with Gasteiger partial charge >= 0.3 is 12.1 Å². The topological polar surface area (TPSA) is 75.4 Å². The normalized spacial score (nSPS) is 16.4. The summed E-state index contributed by atoms with van der Waals surface area (Å²) in [7, 11) is 0. The van der Waals surface area contributed by atoms with Crippen LogP contribution in [0.5, 0.6) is 0 Å². The fraction of sp³-hybridized carbons (Fsp3) is 0.643. The summed E-state index contributed by atoms with van der Waals surface area (Å²) in [6, 6.07) is 0. The Morgan fingerprint density at radius 3 is 2.57 bits per heavy atom. The van der Waals surface area contributed by atoms with Crippen LogP contribution in [0.25, 0.3) is 0 Å². The van der Waals surface area contributed by atoms with Gasteiger partial charge < -0.3 is 14.6 Å². The van der Waals surface area contributed by atoms with Crippen LogP contribution in [-0.2, 0) is 16.0 Å². The molecule has 1 aromatic rings. The second-order valence-electron chi connectivity index (χ2n) is 5.46. The number of likely N-dealkylation sites (tertiary alicyclic amines) is 1. The highest BCUT2D eigenvalue weighted by molar-refractivity contribution is 5.83. The largest absolute Gasteiger partial charge is 0.471 e. The maximum Gasteiger partial charge on any atom is 0.471 e. The highest BCUT2D eigenvalue weighted by Crippen LogP contribution is 2.23. The van der Waals surface area contributed by atoms with Gasteiger partial charge in [-0.3, -0.25) is 9.59 Å². The zero-order valence-electron chi connectivity index (χ0n) is 12.7. The summed E-state index contributed by atoms with van der Waals surface area (Å²) in [6.07, 6.45) is -2.35. The van der Waals surface area contributed by atoms with Crippen molar-refractivity contribution in [2.45, 2.75) is 32.4 Å². The molecule has 2 amide bonds. The Kier molecular flexibility index (Phi) is 5.27. The SMILES string of the molecule is Cc1nc(CCNC(=O)C2CCN(C(=O)C(F)(F)F)CC2)co1. The lowest BCUT2D eigenvalue weighted by Gasteiger charge is -2.31. The van der Waals surface area contributed by atoms with E-state index in [0.29, 0.717) is 18.9 Å². The Balaban J connectivity index is 1.72. The molecular formula is C14H18F3N3O3. The predicted molar refractivity (Wildman–Crippen MR) is 73.3 cm³/mol. The number of hydrogen-bond acceptors (Lipinski definition) is 4. The number of piperidine rings is 1. The summed E-state index contributed by atoms with van der Waals surface area (Å²) < 4.78 is 42.1. The molecule has 1 aromatic heterocycles. The first kappa shape index (κ1) is 17.3. The Bertz CT molecular complexity index is 563. The molecule has 1 fully saturated rings. The molecule has 2 rings (SSSR count). The molecule has 0 spiro atoms. The van der Waals surface area contributed by atoms with Crippen LogP contribution >= 0.6 is 0 Å². The summed E-state index contributed by atoms with van der Waals surface area (Å²) in [6.45, 7) is 1.99. The molecule has 0 aromatic carbocycles. The van der Waals surface area contributed by atoms with E-state index < -0.39 is 12.1 Å². The molecule has 0 saturated carbocycles. The number of halogens is 3.